The lowest BCUT2D eigenvalue weighted by Gasteiger charge is -2.51. The monoisotopic (exact) mass is 464 g/mol. The van der Waals surface area contributed by atoms with Crippen LogP contribution in [0.25, 0.3) is 0 Å². The molecule has 4 aliphatic heterocycles. The molecule has 1 spiro atoms. The van der Waals surface area contributed by atoms with Gasteiger partial charge in [0.2, 0.25) is 0 Å². The van der Waals surface area contributed by atoms with Gasteiger partial charge >= 0.3 is 0 Å². The average molecular weight is 464 g/mol. The van der Waals surface area contributed by atoms with E-state index in [1.54, 1.807) is 0 Å². The SMILES string of the molecule is O[C@H]1CC2(O)CC13OCC(O3)[C@H]2OC12CC(O)(C[C@@H]1O)[C@@H]1OC(c3ccccc3)OCC1O2. The van der Waals surface area contributed by atoms with Gasteiger partial charge in [-0.2, -0.15) is 0 Å². The van der Waals surface area contributed by atoms with E-state index in [4.69, 9.17) is 28.4 Å². The molecule has 0 aromatic heterocycles. The lowest BCUT2D eigenvalue weighted by atomic mass is 9.86. The number of hydrogen-bond acceptors (Lipinski definition) is 10. The molecule has 4 saturated heterocycles. The minimum absolute atomic E-state index is 0.00455. The van der Waals surface area contributed by atoms with Crippen molar-refractivity contribution < 1.29 is 48.8 Å². The highest BCUT2D eigenvalue weighted by atomic mass is 16.8. The lowest BCUT2D eigenvalue weighted by molar-refractivity contribution is -0.402. The number of ether oxygens (including phenoxy) is 6. The Balaban J connectivity index is 1.16. The molecule has 5 bridgehead atoms. The number of hydrogen-bond donors (Lipinski definition) is 4. The molecule has 10 nitrogen and oxygen atoms in total. The summed E-state index contributed by atoms with van der Waals surface area (Å²) >= 11 is 0. The summed E-state index contributed by atoms with van der Waals surface area (Å²) in [6.07, 6.45) is -5.64. The molecule has 4 N–H and O–H groups in total. The van der Waals surface area contributed by atoms with Gasteiger partial charge in [-0.05, 0) is 0 Å². The number of rotatable bonds is 3. The van der Waals surface area contributed by atoms with Crippen LogP contribution >= 0.6 is 0 Å². The molecule has 33 heavy (non-hydrogen) atoms. The highest BCUT2D eigenvalue weighted by Gasteiger charge is 2.73. The van der Waals surface area contributed by atoms with Gasteiger partial charge in [-0.3, -0.25) is 0 Å². The predicted molar refractivity (Wildman–Crippen MR) is 106 cm³/mol. The topological polar surface area (TPSA) is 136 Å². The molecule has 180 valence electrons. The van der Waals surface area contributed by atoms with Crippen LogP contribution in [-0.2, 0) is 28.4 Å². The number of benzene rings is 1. The van der Waals surface area contributed by atoms with Gasteiger partial charge in [-0.25, -0.2) is 0 Å². The van der Waals surface area contributed by atoms with Crippen molar-refractivity contribution in [2.75, 3.05) is 13.2 Å². The Morgan fingerprint density at radius 1 is 0.879 bits per heavy atom. The molecule has 1 aromatic carbocycles. The molecule has 1 aromatic rings. The fourth-order valence-corrected chi connectivity index (χ4v) is 6.77. The fraction of sp³-hybridized carbons (Fsp3) is 0.739. The second kappa shape index (κ2) is 6.73. The third-order valence-electron chi connectivity index (χ3n) is 8.22. The van der Waals surface area contributed by atoms with Crippen LogP contribution in [-0.4, -0.2) is 93.0 Å². The smallest absolute Gasteiger partial charge is 0.198 e. The largest absolute Gasteiger partial charge is 0.387 e. The summed E-state index contributed by atoms with van der Waals surface area (Å²) < 4.78 is 36.3. The van der Waals surface area contributed by atoms with Crippen LogP contribution in [0.2, 0.25) is 0 Å². The van der Waals surface area contributed by atoms with E-state index in [9.17, 15) is 20.4 Å². The summed E-state index contributed by atoms with van der Waals surface area (Å²) in [5.41, 5.74) is -1.97. The summed E-state index contributed by atoms with van der Waals surface area (Å²) in [5, 5.41) is 44.4. The van der Waals surface area contributed by atoms with Gasteiger partial charge < -0.3 is 48.8 Å². The fourth-order valence-electron chi connectivity index (χ4n) is 6.77. The standard InChI is InChI=1S/C23H28O10/c24-15-6-21(27)10-22(15)29-9-14(31-22)18(21)33-23-11-20(26,7-16(23)25)17-13(32-23)8-28-19(30-17)12-4-2-1-3-5-12/h1-5,13-19,24-27H,6-11H2/t13?,14?,15-,16-,17+,18+,19?,20?,21?,22?,23?/m0/s1. The first kappa shape index (κ1) is 21.1. The van der Waals surface area contributed by atoms with Crippen LogP contribution in [0.4, 0.5) is 0 Å². The summed E-state index contributed by atoms with van der Waals surface area (Å²) in [6.45, 7) is 0.293. The molecule has 4 heterocycles. The van der Waals surface area contributed by atoms with Crippen molar-refractivity contribution in [2.45, 2.75) is 91.4 Å². The Kier molecular flexibility index (Phi) is 4.31. The van der Waals surface area contributed by atoms with Crippen LogP contribution < -0.4 is 0 Å². The van der Waals surface area contributed by atoms with E-state index in [2.05, 4.69) is 0 Å². The van der Waals surface area contributed by atoms with E-state index in [-0.39, 0.29) is 38.9 Å². The molecular formula is C23H28O10. The zero-order valence-electron chi connectivity index (χ0n) is 17.9. The maximum atomic E-state index is 11.6. The summed E-state index contributed by atoms with van der Waals surface area (Å²) in [6, 6.07) is 9.45. The molecule has 6 aliphatic rings. The number of aliphatic hydroxyl groups is 4. The van der Waals surface area contributed by atoms with Crippen molar-refractivity contribution in [3.8, 4) is 0 Å². The third kappa shape index (κ3) is 2.85. The maximum Gasteiger partial charge on any atom is 0.198 e. The number of fused-ring (bicyclic) bond motifs is 6. The van der Waals surface area contributed by atoms with Gasteiger partial charge in [-0.1, -0.05) is 30.3 Å². The highest BCUT2D eigenvalue weighted by Crippen LogP contribution is 2.58. The Morgan fingerprint density at radius 3 is 2.48 bits per heavy atom. The maximum absolute atomic E-state index is 11.6. The second-order valence-corrected chi connectivity index (χ2v) is 10.4. The van der Waals surface area contributed by atoms with E-state index in [0.29, 0.717) is 0 Å². The van der Waals surface area contributed by atoms with Crippen molar-refractivity contribution in [1.82, 2.24) is 0 Å². The van der Waals surface area contributed by atoms with Gasteiger partial charge in [-0.15, -0.1) is 0 Å². The van der Waals surface area contributed by atoms with E-state index in [0.717, 1.165) is 5.56 Å². The Bertz CT molecular complexity index is 946. The minimum atomic E-state index is -1.57. The third-order valence-corrected chi connectivity index (χ3v) is 8.22. The first-order chi connectivity index (χ1) is 15.7. The zero-order chi connectivity index (χ0) is 22.6. The van der Waals surface area contributed by atoms with E-state index in [1.807, 2.05) is 30.3 Å². The van der Waals surface area contributed by atoms with Gasteiger partial charge in [0.05, 0.1) is 13.2 Å². The van der Waals surface area contributed by atoms with E-state index < -0.39 is 65.7 Å². The van der Waals surface area contributed by atoms with Gasteiger partial charge in [0.25, 0.3) is 0 Å². The van der Waals surface area contributed by atoms with Crippen molar-refractivity contribution in [3.05, 3.63) is 35.9 Å². The van der Waals surface area contributed by atoms with E-state index >= 15 is 0 Å². The predicted octanol–water partition coefficient (Wildman–Crippen LogP) is -0.522. The molecule has 0 amide bonds. The van der Waals surface area contributed by atoms with Crippen LogP contribution in [0, 0.1) is 0 Å². The second-order valence-electron chi connectivity index (χ2n) is 10.4. The van der Waals surface area contributed by atoms with Crippen molar-refractivity contribution in [2.24, 2.45) is 0 Å². The summed E-state index contributed by atoms with van der Waals surface area (Å²) in [7, 11) is 0. The molecule has 10 heteroatoms. The first-order valence-electron chi connectivity index (χ1n) is 11.5. The van der Waals surface area contributed by atoms with Crippen LogP contribution in [0.3, 0.4) is 0 Å². The molecule has 2 aliphatic carbocycles. The highest BCUT2D eigenvalue weighted by molar-refractivity contribution is 5.20. The molecule has 7 rings (SSSR count). The van der Waals surface area contributed by atoms with E-state index in [1.165, 1.54) is 0 Å². The zero-order valence-corrected chi connectivity index (χ0v) is 17.9. The normalized spacial score (nSPS) is 56.7. The summed E-state index contributed by atoms with van der Waals surface area (Å²) in [4.78, 5) is 0. The average Bonchev–Trinajstić information content (AvgIpc) is 3.34. The van der Waals surface area contributed by atoms with Crippen LogP contribution in [0.5, 0.6) is 0 Å². The molecule has 6 fully saturated rings. The van der Waals surface area contributed by atoms with Crippen LogP contribution in [0.15, 0.2) is 30.3 Å². The van der Waals surface area contributed by atoms with Gasteiger partial charge in [0, 0.05) is 31.2 Å². The summed E-state index contributed by atoms with van der Waals surface area (Å²) in [5.74, 6) is -2.77. The Morgan fingerprint density at radius 2 is 1.67 bits per heavy atom. The Hall–Kier alpha value is -1.18. The van der Waals surface area contributed by atoms with Crippen LogP contribution in [0.1, 0.15) is 37.5 Å². The molecule has 0 radical (unpaired) electrons. The first-order valence-corrected chi connectivity index (χ1v) is 11.5. The molecule has 11 atom stereocenters. The quantitative estimate of drug-likeness (QED) is 0.463. The molecule has 2 saturated carbocycles. The van der Waals surface area contributed by atoms with Gasteiger partial charge in [0.1, 0.15) is 47.8 Å². The van der Waals surface area contributed by atoms with Crippen molar-refractivity contribution in [1.29, 1.82) is 0 Å². The van der Waals surface area contributed by atoms with Crippen molar-refractivity contribution in [3.63, 3.8) is 0 Å². The minimum Gasteiger partial charge on any atom is -0.387 e. The van der Waals surface area contributed by atoms with Gasteiger partial charge in [0.15, 0.2) is 17.9 Å². The molecule has 7 unspecified atom stereocenters. The number of aliphatic hydroxyl groups excluding tert-OH is 2. The molecular weight excluding hydrogens is 436 g/mol. The lowest BCUT2D eigenvalue weighted by Crippen LogP contribution is -2.65. The van der Waals surface area contributed by atoms with Crippen molar-refractivity contribution >= 4 is 0 Å². The Labute approximate surface area is 189 Å².